The molecule has 0 radical (unpaired) electrons. The van der Waals surface area contributed by atoms with Crippen molar-refractivity contribution in [2.45, 2.75) is 50.9 Å². The third-order valence-corrected chi connectivity index (χ3v) is 7.37. The topological polar surface area (TPSA) is 38.8 Å². The Morgan fingerprint density at radius 1 is 1.07 bits per heavy atom. The molecular weight excluding hydrogens is 398 g/mol. The van der Waals surface area contributed by atoms with Gasteiger partial charge in [0.2, 0.25) is 0 Å². The van der Waals surface area contributed by atoms with Crippen molar-refractivity contribution in [2.24, 2.45) is 5.41 Å². The van der Waals surface area contributed by atoms with Crippen molar-refractivity contribution in [3.8, 4) is 11.5 Å². The minimum atomic E-state index is -0.317. The molecule has 0 N–H and O–H groups in total. The zero-order valence-electron chi connectivity index (χ0n) is 17.4. The van der Waals surface area contributed by atoms with Gasteiger partial charge in [0.15, 0.2) is 0 Å². The van der Waals surface area contributed by atoms with E-state index < -0.39 is 0 Å². The highest BCUT2D eigenvalue weighted by molar-refractivity contribution is 6.30. The molecule has 2 heterocycles. The first kappa shape index (κ1) is 19.9. The van der Waals surface area contributed by atoms with Gasteiger partial charge in [0.05, 0.1) is 5.41 Å². The van der Waals surface area contributed by atoms with Gasteiger partial charge in [-0.25, -0.2) is 0 Å². The van der Waals surface area contributed by atoms with E-state index in [0.717, 1.165) is 60.9 Å². The van der Waals surface area contributed by atoms with Gasteiger partial charge in [-0.1, -0.05) is 49.1 Å². The molecule has 4 nitrogen and oxygen atoms in total. The molecule has 0 amide bonds. The summed E-state index contributed by atoms with van der Waals surface area (Å²) in [6.45, 7) is 4.06. The van der Waals surface area contributed by atoms with Crippen molar-refractivity contribution in [1.82, 2.24) is 4.90 Å². The highest BCUT2D eigenvalue weighted by Gasteiger charge is 2.41. The molecule has 2 aromatic rings. The largest absolute Gasteiger partial charge is 0.457 e. The second-order valence-electron chi connectivity index (χ2n) is 9.25. The van der Waals surface area contributed by atoms with Gasteiger partial charge in [-0.05, 0) is 49.6 Å². The predicted molar refractivity (Wildman–Crippen MR) is 117 cm³/mol. The van der Waals surface area contributed by atoms with E-state index in [2.05, 4.69) is 24.0 Å². The molecule has 5 heteroatoms. The van der Waals surface area contributed by atoms with Crippen LogP contribution < -0.4 is 4.74 Å². The fraction of sp³-hybridized carbons (Fsp3) is 0.480. The van der Waals surface area contributed by atoms with Gasteiger partial charge in [0.1, 0.15) is 18.2 Å². The van der Waals surface area contributed by atoms with Crippen LogP contribution in [0.4, 0.5) is 0 Å². The Morgan fingerprint density at radius 2 is 1.77 bits per heavy atom. The van der Waals surface area contributed by atoms with E-state index in [1.165, 1.54) is 12.0 Å². The number of nitrogens with zero attached hydrogens (tertiary/aromatic N) is 1. The Bertz CT molecular complexity index is 953. The molecule has 2 atom stereocenters. The summed E-state index contributed by atoms with van der Waals surface area (Å²) in [6, 6.07) is 14.1. The van der Waals surface area contributed by atoms with Crippen LogP contribution in [-0.2, 0) is 9.53 Å². The molecule has 1 aliphatic carbocycles. The van der Waals surface area contributed by atoms with Crippen LogP contribution in [0.5, 0.6) is 11.5 Å². The lowest BCUT2D eigenvalue weighted by Gasteiger charge is -2.31. The molecule has 0 bridgehead atoms. The quantitative estimate of drug-likeness (QED) is 0.557. The maximum Gasteiger partial charge on any atom is 0.313 e. The molecule has 1 saturated heterocycles. The van der Waals surface area contributed by atoms with Gasteiger partial charge in [-0.3, -0.25) is 9.69 Å². The maximum absolute atomic E-state index is 12.8. The fourth-order valence-electron chi connectivity index (χ4n) is 5.38. The Morgan fingerprint density at radius 3 is 2.57 bits per heavy atom. The smallest absolute Gasteiger partial charge is 0.313 e. The molecular formula is C25H28ClNO3. The Hall–Kier alpha value is -2.04. The number of hydrogen-bond acceptors (Lipinski definition) is 4. The summed E-state index contributed by atoms with van der Waals surface area (Å²) in [4.78, 5) is 15.1. The van der Waals surface area contributed by atoms with Gasteiger partial charge in [0, 0.05) is 35.5 Å². The SMILES string of the molecule is CC1(C(=O)OCN2CC3c4ccccc4Oc4ccc(Cl)cc4C3C2)CCCCC1. The molecule has 2 aromatic carbocycles. The number of fused-ring (bicyclic) bond motifs is 5. The van der Waals surface area contributed by atoms with Gasteiger partial charge in [0.25, 0.3) is 0 Å². The second kappa shape index (κ2) is 7.90. The van der Waals surface area contributed by atoms with Crippen molar-refractivity contribution < 1.29 is 14.3 Å². The number of carbonyl (C=O) groups is 1. The van der Waals surface area contributed by atoms with E-state index in [0.29, 0.717) is 6.73 Å². The van der Waals surface area contributed by atoms with Crippen LogP contribution in [-0.4, -0.2) is 30.7 Å². The van der Waals surface area contributed by atoms with E-state index in [9.17, 15) is 4.79 Å². The lowest BCUT2D eigenvalue weighted by atomic mass is 9.76. The van der Waals surface area contributed by atoms with Crippen molar-refractivity contribution in [3.63, 3.8) is 0 Å². The molecule has 1 saturated carbocycles. The molecule has 0 aromatic heterocycles. The van der Waals surface area contributed by atoms with Crippen LogP contribution >= 0.6 is 11.6 Å². The van der Waals surface area contributed by atoms with E-state index in [4.69, 9.17) is 21.1 Å². The summed E-state index contributed by atoms with van der Waals surface area (Å²) >= 11 is 6.33. The Balaban J connectivity index is 1.37. The Labute approximate surface area is 183 Å². The van der Waals surface area contributed by atoms with E-state index >= 15 is 0 Å². The summed E-state index contributed by atoms with van der Waals surface area (Å²) < 4.78 is 12.1. The van der Waals surface area contributed by atoms with Gasteiger partial charge in [-0.2, -0.15) is 0 Å². The summed E-state index contributed by atoms with van der Waals surface area (Å²) in [5.41, 5.74) is 2.03. The number of benzene rings is 2. The molecule has 5 rings (SSSR count). The van der Waals surface area contributed by atoms with Gasteiger partial charge < -0.3 is 9.47 Å². The second-order valence-corrected chi connectivity index (χ2v) is 9.69. The van der Waals surface area contributed by atoms with E-state index in [1.807, 2.05) is 30.3 Å². The molecule has 158 valence electrons. The average Bonchev–Trinajstić information content (AvgIpc) is 3.13. The lowest BCUT2D eigenvalue weighted by Crippen LogP contribution is -2.35. The zero-order valence-corrected chi connectivity index (χ0v) is 18.2. The van der Waals surface area contributed by atoms with Crippen molar-refractivity contribution in [2.75, 3.05) is 19.8 Å². The summed E-state index contributed by atoms with van der Waals surface area (Å²) in [7, 11) is 0. The third kappa shape index (κ3) is 3.61. The number of rotatable bonds is 3. The van der Waals surface area contributed by atoms with Crippen LogP contribution in [0.25, 0.3) is 0 Å². The van der Waals surface area contributed by atoms with Gasteiger partial charge >= 0.3 is 5.97 Å². The number of carbonyl (C=O) groups excluding carboxylic acids is 1. The molecule has 3 aliphatic rings. The highest BCUT2D eigenvalue weighted by Crippen LogP contribution is 2.50. The Kier molecular flexibility index (Phi) is 5.24. The third-order valence-electron chi connectivity index (χ3n) is 7.13. The standard InChI is InChI=1S/C25H28ClNO3/c1-25(11-5-2-6-12-25)24(28)29-16-27-14-20-18-7-3-4-8-22(18)30-23-10-9-17(26)13-19(23)21(20)15-27/h3-4,7-10,13,20-21H,2,5-6,11-12,14-16H2,1H3. The first-order valence-electron chi connectivity index (χ1n) is 11.0. The van der Waals surface area contributed by atoms with Crippen molar-refractivity contribution >= 4 is 17.6 Å². The van der Waals surface area contributed by atoms with Crippen LogP contribution in [0.3, 0.4) is 0 Å². The number of halogens is 1. The molecule has 2 fully saturated rings. The minimum Gasteiger partial charge on any atom is -0.457 e. The van der Waals surface area contributed by atoms with Crippen LogP contribution in [0.2, 0.25) is 5.02 Å². The lowest BCUT2D eigenvalue weighted by molar-refractivity contribution is -0.161. The summed E-state index contributed by atoms with van der Waals surface area (Å²) in [5, 5.41) is 0.720. The van der Waals surface area contributed by atoms with Crippen LogP contribution in [0, 0.1) is 5.41 Å². The van der Waals surface area contributed by atoms with Crippen LogP contribution in [0.1, 0.15) is 62.0 Å². The first-order valence-corrected chi connectivity index (χ1v) is 11.4. The summed E-state index contributed by atoms with van der Waals surface area (Å²) in [6.07, 6.45) is 5.34. The highest BCUT2D eigenvalue weighted by atomic mass is 35.5. The monoisotopic (exact) mass is 425 g/mol. The molecule has 0 spiro atoms. The number of esters is 1. The number of likely N-dealkylation sites (tertiary alicyclic amines) is 1. The molecule has 30 heavy (non-hydrogen) atoms. The summed E-state index contributed by atoms with van der Waals surface area (Å²) in [5.74, 6) is 2.27. The zero-order chi connectivity index (χ0) is 20.7. The van der Waals surface area contributed by atoms with Crippen molar-refractivity contribution in [1.29, 1.82) is 0 Å². The maximum atomic E-state index is 12.8. The molecule has 2 aliphatic heterocycles. The van der Waals surface area contributed by atoms with E-state index in [-0.39, 0.29) is 23.2 Å². The number of para-hydroxylation sites is 1. The van der Waals surface area contributed by atoms with Gasteiger partial charge in [-0.15, -0.1) is 0 Å². The minimum absolute atomic E-state index is 0.0403. The van der Waals surface area contributed by atoms with Crippen LogP contribution in [0.15, 0.2) is 42.5 Å². The fourth-order valence-corrected chi connectivity index (χ4v) is 5.56. The molecule has 2 unspecified atom stereocenters. The number of hydrogen-bond donors (Lipinski definition) is 0. The van der Waals surface area contributed by atoms with Crippen molar-refractivity contribution in [3.05, 3.63) is 58.6 Å². The predicted octanol–water partition coefficient (Wildman–Crippen LogP) is 6.10. The number of ether oxygens (including phenoxy) is 2. The first-order chi connectivity index (χ1) is 14.5. The average molecular weight is 426 g/mol. The van der Waals surface area contributed by atoms with E-state index in [1.54, 1.807) is 0 Å². The normalized spacial score (nSPS) is 24.7.